The molecular formula is C38H22N4O2. The fraction of sp³-hybridized carbons (Fsp3) is 0. The topological polar surface area (TPSA) is 72.2 Å². The minimum atomic E-state index is -0.474. The predicted molar refractivity (Wildman–Crippen MR) is 174 cm³/mol. The summed E-state index contributed by atoms with van der Waals surface area (Å²) in [5.74, 6) is 0. The number of hydrogen-bond donors (Lipinski definition) is 0. The van der Waals surface area contributed by atoms with Crippen molar-refractivity contribution in [3.05, 3.63) is 171 Å². The Balaban J connectivity index is 1.77. The van der Waals surface area contributed by atoms with E-state index in [0.717, 1.165) is 11.4 Å². The van der Waals surface area contributed by atoms with Crippen molar-refractivity contribution in [2.45, 2.75) is 0 Å². The van der Waals surface area contributed by atoms with E-state index in [1.165, 1.54) is 0 Å². The first-order chi connectivity index (χ1) is 21.6. The second kappa shape index (κ2) is 10.7. The lowest BCUT2D eigenvalue weighted by Crippen LogP contribution is -2.18. The lowest BCUT2D eigenvalue weighted by atomic mass is 9.99. The molecule has 0 spiro atoms. The zero-order chi connectivity index (χ0) is 30.2. The van der Waals surface area contributed by atoms with E-state index in [9.17, 15) is 14.9 Å². The van der Waals surface area contributed by atoms with Gasteiger partial charge in [0.15, 0.2) is 5.43 Å². The minimum absolute atomic E-state index is 0.0263. The molecule has 0 saturated heterocycles. The molecule has 6 heteroatoms. The summed E-state index contributed by atoms with van der Waals surface area (Å²) in [5.41, 5.74) is 3.91. The number of pyridine rings is 2. The molecular weight excluding hydrogens is 544 g/mol. The van der Waals surface area contributed by atoms with E-state index in [-0.39, 0.29) is 22.0 Å². The van der Waals surface area contributed by atoms with Crippen LogP contribution in [0.5, 0.6) is 0 Å². The first-order valence-corrected chi connectivity index (χ1v) is 14.0. The molecule has 0 aliphatic rings. The third-order valence-corrected chi connectivity index (χ3v) is 7.78. The van der Waals surface area contributed by atoms with Gasteiger partial charge in [0, 0.05) is 27.7 Å². The summed E-state index contributed by atoms with van der Waals surface area (Å²) < 4.78 is 3.83. The summed E-state index contributed by atoms with van der Waals surface area (Å²) in [5, 5.41) is 10.8. The van der Waals surface area contributed by atoms with Crippen LogP contribution in [0.15, 0.2) is 143 Å². The number of rotatable bonds is 4. The Morgan fingerprint density at radius 2 is 1.00 bits per heavy atom. The van der Waals surface area contributed by atoms with E-state index in [4.69, 9.17) is 6.57 Å². The first-order valence-electron chi connectivity index (χ1n) is 14.0. The van der Waals surface area contributed by atoms with Gasteiger partial charge in [-0.3, -0.25) is 4.79 Å². The Kier molecular flexibility index (Phi) is 6.43. The normalized spacial score (nSPS) is 10.9. The molecule has 0 aliphatic heterocycles. The largest absolute Gasteiger partial charge is 0.319 e. The van der Waals surface area contributed by atoms with Gasteiger partial charge < -0.3 is 13.9 Å². The van der Waals surface area contributed by atoms with Crippen molar-refractivity contribution in [1.82, 2.24) is 9.13 Å². The zero-order valence-corrected chi connectivity index (χ0v) is 23.3. The number of nitriles is 1. The number of hydrogen-bond acceptors (Lipinski definition) is 3. The van der Waals surface area contributed by atoms with E-state index in [1.807, 2.05) is 137 Å². The maximum absolute atomic E-state index is 14.1. The summed E-state index contributed by atoms with van der Waals surface area (Å²) in [6.45, 7) is 8.05. The molecule has 0 radical (unpaired) electrons. The molecule has 2 aromatic heterocycles. The molecule has 0 atom stereocenters. The second-order valence-corrected chi connectivity index (χ2v) is 10.3. The second-order valence-electron chi connectivity index (χ2n) is 10.3. The lowest BCUT2D eigenvalue weighted by molar-refractivity contribution is 1.09. The quantitative estimate of drug-likeness (QED) is 0.160. The molecule has 0 amide bonds. The summed E-state index contributed by atoms with van der Waals surface area (Å²) in [4.78, 5) is 31.9. The van der Waals surface area contributed by atoms with Crippen LogP contribution < -0.4 is 10.9 Å². The monoisotopic (exact) mass is 566 g/mol. The Morgan fingerprint density at radius 1 is 0.568 bits per heavy atom. The smallest absolute Gasteiger partial charge is 0.258 e. The third-order valence-electron chi connectivity index (χ3n) is 7.78. The molecule has 44 heavy (non-hydrogen) atoms. The molecule has 0 fully saturated rings. The standard InChI is InChI=1S/C38H22N4O2/c1-40-34-36(26-16-8-3-9-17-26)42(28-20-12-5-13-21-28)33-23-32-29(22-30(33)38(34)44)37(43)31(24-39)35(25-14-6-2-7-15-25)41(32)27-18-10-4-11-19-27/h2-23H. The van der Waals surface area contributed by atoms with Gasteiger partial charge in [-0.25, -0.2) is 4.85 Å². The van der Waals surface area contributed by atoms with Crippen LogP contribution in [0, 0.1) is 17.9 Å². The van der Waals surface area contributed by atoms with Crippen LogP contribution in [0.25, 0.3) is 60.5 Å². The van der Waals surface area contributed by atoms with Gasteiger partial charge in [-0.2, -0.15) is 5.26 Å². The molecule has 0 saturated carbocycles. The third kappa shape index (κ3) is 4.10. The average Bonchev–Trinajstić information content (AvgIpc) is 3.09. The maximum Gasteiger partial charge on any atom is 0.258 e. The van der Waals surface area contributed by atoms with E-state index in [2.05, 4.69) is 10.9 Å². The van der Waals surface area contributed by atoms with Gasteiger partial charge >= 0.3 is 0 Å². The Labute approximate surface area is 252 Å². The summed E-state index contributed by atoms with van der Waals surface area (Å²) in [6.07, 6.45) is 0. The summed E-state index contributed by atoms with van der Waals surface area (Å²) >= 11 is 0. The van der Waals surface area contributed by atoms with Crippen LogP contribution in [0.4, 0.5) is 5.69 Å². The highest BCUT2D eigenvalue weighted by molar-refractivity contribution is 6.01. The highest BCUT2D eigenvalue weighted by Crippen LogP contribution is 2.37. The molecule has 0 unspecified atom stereocenters. The van der Waals surface area contributed by atoms with Crippen molar-refractivity contribution >= 4 is 27.5 Å². The van der Waals surface area contributed by atoms with E-state index in [0.29, 0.717) is 33.5 Å². The molecule has 0 aliphatic carbocycles. The molecule has 5 aromatic carbocycles. The van der Waals surface area contributed by atoms with Gasteiger partial charge in [0.1, 0.15) is 11.6 Å². The number of para-hydroxylation sites is 2. The van der Waals surface area contributed by atoms with Gasteiger partial charge in [-0.05, 0) is 42.0 Å². The molecule has 2 heterocycles. The molecule has 0 N–H and O–H groups in total. The van der Waals surface area contributed by atoms with Crippen molar-refractivity contribution in [2.24, 2.45) is 0 Å². The average molecular weight is 567 g/mol. The van der Waals surface area contributed by atoms with Gasteiger partial charge in [0.25, 0.3) is 5.69 Å². The van der Waals surface area contributed by atoms with Crippen LogP contribution in [0.1, 0.15) is 5.56 Å². The fourth-order valence-corrected chi connectivity index (χ4v) is 5.88. The Bertz CT molecular complexity index is 2250. The van der Waals surface area contributed by atoms with Gasteiger partial charge in [-0.1, -0.05) is 97.1 Å². The van der Waals surface area contributed by atoms with Crippen molar-refractivity contribution < 1.29 is 0 Å². The molecule has 0 bridgehead atoms. The number of nitrogens with zero attached hydrogens (tertiary/aromatic N) is 4. The maximum atomic E-state index is 14.1. The molecule has 7 aromatic rings. The minimum Gasteiger partial charge on any atom is -0.319 e. The summed E-state index contributed by atoms with van der Waals surface area (Å²) in [7, 11) is 0. The SMILES string of the molecule is [C-]#[N+]c1c(-c2ccccc2)n(-c2ccccc2)c2cc3c(cc2c1=O)c(=O)c(C#N)c(-c1ccccc1)n3-c1ccccc1. The highest BCUT2D eigenvalue weighted by atomic mass is 16.1. The van der Waals surface area contributed by atoms with Crippen molar-refractivity contribution in [3.63, 3.8) is 0 Å². The van der Waals surface area contributed by atoms with Crippen LogP contribution in [0.2, 0.25) is 0 Å². The lowest BCUT2D eigenvalue weighted by Gasteiger charge is -2.22. The van der Waals surface area contributed by atoms with E-state index < -0.39 is 10.9 Å². The van der Waals surface area contributed by atoms with Crippen molar-refractivity contribution in [2.75, 3.05) is 0 Å². The fourth-order valence-electron chi connectivity index (χ4n) is 5.88. The molecule has 6 nitrogen and oxygen atoms in total. The van der Waals surface area contributed by atoms with Crippen LogP contribution in [-0.2, 0) is 0 Å². The Morgan fingerprint density at radius 3 is 1.48 bits per heavy atom. The van der Waals surface area contributed by atoms with Gasteiger partial charge in [0.05, 0.1) is 29.0 Å². The Hall–Kier alpha value is -6.50. The predicted octanol–water partition coefficient (Wildman–Crippen LogP) is 8.05. The van der Waals surface area contributed by atoms with Crippen molar-refractivity contribution in [1.29, 1.82) is 5.26 Å². The highest BCUT2D eigenvalue weighted by Gasteiger charge is 2.24. The first kappa shape index (κ1) is 26.4. The van der Waals surface area contributed by atoms with Crippen molar-refractivity contribution in [3.8, 4) is 40.0 Å². The summed E-state index contributed by atoms with van der Waals surface area (Å²) in [6, 6.07) is 43.4. The van der Waals surface area contributed by atoms with Gasteiger partial charge in [0.2, 0.25) is 5.43 Å². The van der Waals surface area contributed by atoms with Crippen LogP contribution in [-0.4, -0.2) is 9.13 Å². The zero-order valence-electron chi connectivity index (χ0n) is 23.3. The van der Waals surface area contributed by atoms with Crippen LogP contribution >= 0.6 is 0 Å². The van der Waals surface area contributed by atoms with Gasteiger partial charge in [-0.15, -0.1) is 0 Å². The number of fused-ring (bicyclic) bond motifs is 2. The molecule has 206 valence electrons. The number of aromatic nitrogens is 2. The number of benzene rings is 5. The molecule has 7 rings (SSSR count). The van der Waals surface area contributed by atoms with E-state index >= 15 is 0 Å². The van der Waals surface area contributed by atoms with Crippen LogP contribution in [0.3, 0.4) is 0 Å². The van der Waals surface area contributed by atoms with E-state index in [1.54, 1.807) is 6.07 Å².